The fraction of sp³-hybridized carbons (Fsp3) is 0.471. The second-order valence-electron chi connectivity index (χ2n) is 6.30. The van der Waals surface area contributed by atoms with Gasteiger partial charge in [0.25, 0.3) is 0 Å². The van der Waals surface area contributed by atoms with Crippen LogP contribution < -0.4 is 0 Å². The summed E-state index contributed by atoms with van der Waals surface area (Å²) >= 11 is 1.62. The lowest BCUT2D eigenvalue weighted by Gasteiger charge is -2.29. The number of hydrogen-bond acceptors (Lipinski definition) is 4. The van der Waals surface area contributed by atoms with Gasteiger partial charge in [0, 0.05) is 31.2 Å². The average Bonchev–Trinajstić information content (AvgIpc) is 3.19. The third kappa shape index (κ3) is 3.26. The number of likely N-dealkylation sites (N-methyl/N-ethyl adjacent to an activating group) is 1. The molecule has 24 heavy (non-hydrogen) atoms. The number of pyridine rings is 1. The molecule has 128 valence electrons. The van der Waals surface area contributed by atoms with E-state index in [2.05, 4.69) is 4.98 Å². The van der Waals surface area contributed by atoms with Crippen LogP contribution in [-0.2, 0) is 16.0 Å². The Balaban J connectivity index is 1.72. The quantitative estimate of drug-likeness (QED) is 0.845. The van der Waals surface area contributed by atoms with Gasteiger partial charge in [-0.3, -0.25) is 9.59 Å². The summed E-state index contributed by atoms with van der Waals surface area (Å²) in [6, 6.07) is 5.50. The Hall–Kier alpha value is -2.02. The molecule has 1 aliphatic heterocycles. The Kier molecular flexibility index (Phi) is 4.80. The highest BCUT2D eigenvalue weighted by Gasteiger charge is 2.36. The van der Waals surface area contributed by atoms with E-state index in [4.69, 9.17) is 0 Å². The van der Waals surface area contributed by atoms with E-state index in [1.807, 2.05) is 48.8 Å². The second kappa shape index (κ2) is 6.84. The minimum absolute atomic E-state index is 0.0124. The average molecular weight is 346 g/mol. The number of carbonyl (C=O) groups is 2. The van der Waals surface area contributed by atoms with E-state index in [-0.39, 0.29) is 30.3 Å². The highest BCUT2D eigenvalue weighted by Crippen LogP contribution is 2.23. The number of aromatic nitrogens is 2. The van der Waals surface area contributed by atoms with Crippen molar-refractivity contribution in [2.75, 3.05) is 18.7 Å². The van der Waals surface area contributed by atoms with Gasteiger partial charge in [-0.2, -0.15) is 0 Å². The zero-order valence-corrected chi connectivity index (χ0v) is 15.0. The highest BCUT2D eigenvalue weighted by molar-refractivity contribution is 7.99. The Morgan fingerprint density at radius 2 is 2.21 bits per heavy atom. The van der Waals surface area contributed by atoms with Gasteiger partial charge in [-0.25, -0.2) is 4.98 Å². The van der Waals surface area contributed by atoms with Crippen molar-refractivity contribution in [3.63, 3.8) is 0 Å². The summed E-state index contributed by atoms with van der Waals surface area (Å²) in [6.07, 6.45) is 4.00. The molecule has 0 unspecified atom stereocenters. The number of carbonyl (C=O) groups excluding carboxylic acids is 2. The van der Waals surface area contributed by atoms with Gasteiger partial charge in [-0.15, -0.1) is 11.8 Å². The van der Waals surface area contributed by atoms with Crippen LogP contribution in [0, 0.1) is 0 Å². The van der Waals surface area contributed by atoms with Crippen LogP contribution in [0.1, 0.15) is 19.5 Å². The van der Waals surface area contributed by atoms with Crippen LogP contribution in [-0.4, -0.2) is 61.8 Å². The van der Waals surface area contributed by atoms with Crippen molar-refractivity contribution in [2.24, 2.45) is 0 Å². The number of nitrogens with zero attached hydrogens (tertiary/aromatic N) is 4. The molecule has 0 N–H and O–H groups in total. The van der Waals surface area contributed by atoms with Gasteiger partial charge in [0.15, 0.2) is 0 Å². The molecule has 6 nitrogen and oxygen atoms in total. The van der Waals surface area contributed by atoms with Crippen molar-refractivity contribution in [3.05, 3.63) is 36.3 Å². The smallest absolute Gasteiger partial charge is 0.246 e. The summed E-state index contributed by atoms with van der Waals surface area (Å²) in [7, 11) is 1.79. The Bertz CT molecular complexity index is 725. The maximum atomic E-state index is 12.7. The molecule has 0 aliphatic carbocycles. The summed E-state index contributed by atoms with van der Waals surface area (Å²) in [5.41, 5.74) is 1.55. The number of hydrogen-bond donors (Lipinski definition) is 0. The molecule has 0 bridgehead atoms. The minimum Gasteiger partial charge on any atom is -0.342 e. The molecule has 1 atom stereocenters. The largest absolute Gasteiger partial charge is 0.342 e. The maximum absolute atomic E-state index is 12.7. The monoisotopic (exact) mass is 346 g/mol. The minimum atomic E-state index is -0.369. The molecule has 0 saturated carbocycles. The SMILES string of the molecule is CC(C)N(C)C(=O)[C@@H]1CSCN1C(=O)Cc1cn2ccccc2n1. The first-order chi connectivity index (χ1) is 11.5. The fourth-order valence-electron chi connectivity index (χ4n) is 2.71. The summed E-state index contributed by atoms with van der Waals surface area (Å²) in [4.78, 5) is 33.2. The Morgan fingerprint density at radius 3 is 2.92 bits per heavy atom. The second-order valence-corrected chi connectivity index (χ2v) is 7.30. The molecule has 0 aromatic carbocycles. The molecule has 3 rings (SSSR count). The van der Waals surface area contributed by atoms with Gasteiger partial charge in [-0.1, -0.05) is 6.07 Å². The van der Waals surface area contributed by atoms with Gasteiger partial charge < -0.3 is 14.2 Å². The summed E-state index contributed by atoms with van der Waals surface area (Å²) < 4.78 is 1.90. The van der Waals surface area contributed by atoms with Crippen LogP contribution in [0.3, 0.4) is 0 Å². The zero-order valence-electron chi connectivity index (χ0n) is 14.2. The first-order valence-electron chi connectivity index (χ1n) is 8.04. The molecular formula is C17H22N4O2S. The lowest BCUT2D eigenvalue weighted by molar-refractivity contribution is -0.143. The fourth-order valence-corrected chi connectivity index (χ4v) is 3.88. The third-order valence-electron chi connectivity index (χ3n) is 4.36. The topological polar surface area (TPSA) is 57.9 Å². The van der Waals surface area contributed by atoms with Crippen LogP contribution in [0.15, 0.2) is 30.6 Å². The van der Waals surface area contributed by atoms with E-state index in [0.717, 1.165) is 11.3 Å². The number of fused-ring (bicyclic) bond motifs is 1. The lowest BCUT2D eigenvalue weighted by Crippen LogP contribution is -2.49. The number of imidazole rings is 1. The molecule has 1 saturated heterocycles. The molecule has 3 heterocycles. The van der Waals surface area contributed by atoms with Crippen LogP contribution >= 0.6 is 11.8 Å². The van der Waals surface area contributed by atoms with Crippen LogP contribution in [0.5, 0.6) is 0 Å². The molecule has 1 fully saturated rings. The molecule has 0 radical (unpaired) electrons. The van der Waals surface area contributed by atoms with Gasteiger partial charge in [-0.05, 0) is 26.0 Å². The number of thioether (sulfide) groups is 1. The van der Waals surface area contributed by atoms with Crippen molar-refractivity contribution in [2.45, 2.75) is 32.4 Å². The van der Waals surface area contributed by atoms with E-state index in [0.29, 0.717) is 11.6 Å². The molecule has 2 aromatic rings. The number of amides is 2. The van der Waals surface area contributed by atoms with Crippen molar-refractivity contribution >= 4 is 29.2 Å². The standard InChI is InChI=1S/C17H22N4O2S/c1-12(2)19(3)17(23)14-10-24-11-21(14)16(22)8-13-9-20-7-5-4-6-15(20)18-13/h4-7,9,12,14H,8,10-11H2,1-3H3/t14-/m0/s1. The van der Waals surface area contributed by atoms with E-state index in [1.54, 1.807) is 28.6 Å². The van der Waals surface area contributed by atoms with Crippen molar-refractivity contribution < 1.29 is 9.59 Å². The number of rotatable bonds is 4. The summed E-state index contributed by atoms with van der Waals surface area (Å²) in [5.74, 6) is 1.19. The van der Waals surface area contributed by atoms with Crippen LogP contribution in [0.4, 0.5) is 0 Å². The normalized spacial score (nSPS) is 17.7. The molecular weight excluding hydrogens is 324 g/mol. The Morgan fingerprint density at radius 1 is 1.42 bits per heavy atom. The molecule has 2 aromatic heterocycles. The van der Waals surface area contributed by atoms with E-state index < -0.39 is 0 Å². The highest BCUT2D eigenvalue weighted by atomic mass is 32.2. The molecule has 7 heteroatoms. The summed E-state index contributed by atoms with van der Waals surface area (Å²) in [6.45, 7) is 3.95. The predicted octanol–water partition coefficient (Wildman–Crippen LogP) is 1.65. The van der Waals surface area contributed by atoms with E-state index in [1.165, 1.54) is 0 Å². The van der Waals surface area contributed by atoms with Gasteiger partial charge in [0.05, 0.1) is 18.0 Å². The van der Waals surface area contributed by atoms with Crippen LogP contribution in [0.25, 0.3) is 5.65 Å². The first-order valence-corrected chi connectivity index (χ1v) is 9.19. The zero-order chi connectivity index (χ0) is 17.3. The first kappa shape index (κ1) is 16.8. The van der Waals surface area contributed by atoms with Gasteiger partial charge in [0.1, 0.15) is 11.7 Å². The Labute approximate surface area is 145 Å². The molecule has 0 spiro atoms. The van der Waals surface area contributed by atoms with Gasteiger partial charge in [0.2, 0.25) is 11.8 Å². The van der Waals surface area contributed by atoms with Crippen LogP contribution in [0.2, 0.25) is 0 Å². The van der Waals surface area contributed by atoms with Crippen molar-refractivity contribution in [1.29, 1.82) is 0 Å². The molecule has 1 aliphatic rings. The predicted molar refractivity (Wildman–Crippen MR) is 94.8 cm³/mol. The maximum Gasteiger partial charge on any atom is 0.246 e. The van der Waals surface area contributed by atoms with E-state index >= 15 is 0 Å². The van der Waals surface area contributed by atoms with Gasteiger partial charge >= 0.3 is 0 Å². The van der Waals surface area contributed by atoms with E-state index in [9.17, 15) is 9.59 Å². The van der Waals surface area contributed by atoms with Crippen molar-refractivity contribution in [1.82, 2.24) is 19.2 Å². The summed E-state index contributed by atoms with van der Waals surface area (Å²) in [5, 5.41) is 0. The van der Waals surface area contributed by atoms with Crippen molar-refractivity contribution in [3.8, 4) is 0 Å². The lowest BCUT2D eigenvalue weighted by atomic mass is 10.2. The molecule has 2 amide bonds. The third-order valence-corrected chi connectivity index (χ3v) is 5.37.